The minimum absolute atomic E-state index is 0.191. The molecule has 0 bridgehead atoms. The first kappa shape index (κ1) is 21.0. The van der Waals surface area contributed by atoms with Crippen LogP contribution in [0.5, 0.6) is 17.2 Å². The number of halogens is 1. The molecule has 31 heavy (non-hydrogen) atoms. The maximum atomic E-state index is 12.5. The van der Waals surface area contributed by atoms with Gasteiger partial charge < -0.3 is 23.9 Å². The molecule has 0 spiro atoms. The van der Waals surface area contributed by atoms with E-state index in [1.165, 1.54) is 0 Å². The second-order valence-corrected chi connectivity index (χ2v) is 7.82. The van der Waals surface area contributed by atoms with Gasteiger partial charge in [-0.1, -0.05) is 0 Å². The van der Waals surface area contributed by atoms with Crippen LogP contribution in [0, 0.1) is 3.57 Å². The number of rotatable bonds is 6. The van der Waals surface area contributed by atoms with Crippen molar-refractivity contribution in [3.05, 3.63) is 63.7 Å². The predicted octanol–water partition coefficient (Wildman–Crippen LogP) is 5.38. The van der Waals surface area contributed by atoms with Gasteiger partial charge in [0.2, 0.25) is 11.6 Å². The SMILES string of the molecule is COc1cc(-c2nc3cc(NC(=O)c4ccc(I)cc4)ccc3o2)cc(OC)c1OC. The number of nitrogens with one attached hydrogen (secondary N) is 1. The number of aromatic nitrogens is 1. The van der Waals surface area contributed by atoms with Gasteiger partial charge in [0, 0.05) is 20.4 Å². The molecule has 0 aliphatic carbocycles. The molecule has 7 nitrogen and oxygen atoms in total. The van der Waals surface area contributed by atoms with Crippen molar-refractivity contribution < 1.29 is 23.4 Å². The quantitative estimate of drug-likeness (QED) is 0.338. The van der Waals surface area contributed by atoms with Gasteiger partial charge in [-0.05, 0) is 77.2 Å². The van der Waals surface area contributed by atoms with Crippen molar-refractivity contribution >= 4 is 45.3 Å². The minimum Gasteiger partial charge on any atom is -0.493 e. The monoisotopic (exact) mass is 530 g/mol. The van der Waals surface area contributed by atoms with Gasteiger partial charge in [0.05, 0.1) is 21.3 Å². The molecule has 3 aromatic carbocycles. The van der Waals surface area contributed by atoms with E-state index in [0.29, 0.717) is 51.1 Å². The van der Waals surface area contributed by atoms with Crippen LogP contribution in [0.1, 0.15) is 10.4 Å². The third-order valence-corrected chi connectivity index (χ3v) is 5.38. The third-order valence-electron chi connectivity index (χ3n) is 4.66. The zero-order valence-electron chi connectivity index (χ0n) is 17.1. The van der Waals surface area contributed by atoms with Gasteiger partial charge in [0.25, 0.3) is 5.91 Å². The first-order valence-electron chi connectivity index (χ1n) is 9.30. The van der Waals surface area contributed by atoms with E-state index in [2.05, 4.69) is 32.9 Å². The Morgan fingerprint density at radius 1 is 0.935 bits per heavy atom. The second-order valence-electron chi connectivity index (χ2n) is 6.58. The Morgan fingerprint density at radius 3 is 2.23 bits per heavy atom. The number of hydrogen-bond acceptors (Lipinski definition) is 6. The van der Waals surface area contributed by atoms with Crippen molar-refractivity contribution in [2.75, 3.05) is 26.6 Å². The molecule has 4 rings (SSSR count). The highest BCUT2D eigenvalue weighted by molar-refractivity contribution is 14.1. The van der Waals surface area contributed by atoms with Crippen molar-refractivity contribution in [2.45, 2.75) is 0 Å². The molecule has 0 saturated carbocycles. The van der Waals surface area contributed by atoms with Crippen molar-refractivity contribution in [1.82, 2.24) is 4.98 Å². The Morgan fingerprint density at radius 2 is 1.61 bits per heavy atom. The Hall–Kier alpha value is -3.27. The van der Waals surface area contributed by atoms with Crippen molar-refractivity contribution in [3.8, 4) is 28.7 Å². The maximum Gasteiger partial charge on any atom is 0.255 e. The summed E-state index contributed by atoms with van der Waals surface area (Å²) in [4.78, 5) is 17.1. The van der Waals surface area contributed by atoms with Gasteiger partial charge in [-0.2, -0.15) is 0 Å². The molecule has 1 heterocycles. The van der Waals surface area contributed by atoms with Gasteiger partial charge in [-0.15, -0.1) is 0 Å². The summed E-state index contributed by atoms with van der Waals surface area (Å²) < 4.78 is 23.1. The average Bonchev–Trinajstić information content (AvgIpc) is 3.21. The highest BCUT2D eigenvalue weighted by Gasteiger charge is 2.17. The van der Waals surface area contributed by atoms with Crippen LogP contribution in [0.3, 0.4) is 0 Å². The molecule has 0 radical (unpaired) electrons. The molecule has 0 atom stereocenters. The Kier molecular flexibility index (Phi) is 5.99. The molecular weight excluding hydrogens is 511 g/mol. The average molecular weight is 530 g/mol. The molecule has 0 unspecified atom stereocenters. The summed E-state index contributed by atoms with van der Waals surface area (Å²) in [6, 6.07) is 16.2. The van der Waals surface area contributed by atoms with E-state index in [4.69, 9.17) is 18.6 Å². The number of carbonyl (C=O) groups is 1. The molecule has 1 aromatic heterocycles. The molecule has 0 aliphatic rings. The normalized spacial score (nSPS) is 10.7. The zero-order valence-corrected chi connectivity index (χ0v) is 19.2. The summed E-state index contributed by atoms with van der Waals surface area (Å²) in [5, 5.41) is 2.89. The van der Waals surface area contributed by atoms with E-state index in [-0.39, 0.29) is 5.91 Å². The van der Waals surface area contributed by atoms with Crippen molar-refractivity contribution in [2.24, 2.45) is 0 Å². The van der Waals surface area contributed by atoms with E-state index in [9.17, 15) is 4.79 Å². The number of benzene rings is 3. The lowest BCUT2D eigenvalue weighted by molar-refractivity contribution is 0.102. The summed E-state index contributed by atoms with van der Waals surface area (Å²) in [5.41, 5.74) is 3.09. The number of oxazole rings is 1. The first-order chi connectivity index (χ1) is 15.0. The predicted molar refractivity (Wildman–Crippen MR) is 126 cm³/mol. The van der Waals surface area contributed by atoms with Crippen LogP contribution in [-0.4, -0.2) is 32.2 Å². The fourth-order valence-electron chi connectivity index (χ4n) is 3.14. The summed E-state index contributed by atoms with van der Waals surface area (Å²) in [6.07, 6.45) is 0. The van der Waals surface area contributed by atoms with Gasteiger partial charge in [0.1, 0.15) is 5.52 Å². The number of methoxy groups -OCH3 is 3. The summed E-state index contributed by atoms with van der Waals surface area (Å²) in [6.45, 7) is 0. The van der Waals surface area contributed by atoms with E-state index >= 15 is 0 Å². The number of anilines is 1. The largest absolute Gasteiger partial charge is 0.493 e. The van der Waals surface area contributed by atoms with Crippen LogP contribution >= 0.6 is 22.6 Å². The smallest absolute Gasteiger partial charge is 0.255 e. The molecule has 8 heteroatoms. The van der Waals surface area contributed by atoms with E-state index < -0.39 is 0 Å². The minimum atomic E-state index is -0.191. The van der Waals surface area contributed by atoms with E-state index in [1.807, 2.05) is 12.1 Å². The lowest BCUT2D eigenvalue weighted by Crippen LogP contribution is -2.11. The molecule has 0 saturated heterocycles. The number of hydrogen-bond donors (Lipinski definition) is 1. The van der Waals surface area contributed by atoms with E-state index in [1.54, 1.807) is 63.8 Å². The number of amides is 1. The van der Waals surface area contributed by atoms with E-state index in [0.717, 1.165) is 3.57 Å². The third kappa shape index (κ3) is 4.29. The zero-order chi connectivity index (χ0) is 22.0. The number of nitrogens with zero attached hydrogens (tertiary/aromatic N) is 1. The molecular formula is C23H19IN2O5. The topological polar surface area (TPSA) is 82.8 Å². The van der Waals surface area contributed by atoms with Crippen LogP contribution in [0.25, 0.3) is 22.6 Å². The summed E-state index contributed by atoms with van der Waals surface area (Å²) in [7, 11) is 4.65. The van der Waals surface area contributed by atoms with Crippen LogP contribution in [-0.2, 0) is 0 Å². The number of carbonyl (C=O) groups excluding carboxylic acids is 1. The highest BCUT2D eigenvalue weighted by Crippen LogP contribution is 2.41. The fraction of sp³-hybridized carbons (Fsp3) is 0.130. The first-order valence-corrected chi connectivity index (χ1v) is 10.4. The van der Waals surface area contributed by atoms with Crippen LogP contribution in [0.2, 0.25) is 0 Å². The highest BCUT2D eigenvalue weighted by atomic mass is 127. The lowest BCUT2D eigenvalue weighted by atomic mass is 10.2. The molecule has 4 aromatic rings. The molecule has 158 valence electrons. The van der Waals surface area contributed by atoms with Crippen LogP contribution < -0.4 is 19.5 Å². The molecule has 0 aliphatic heterocycles. The molecule has 1 N–H and O–H groups in total. The summed E-state index contributed by atoms with van der Waals surface area (Å²) >= 11 is 2.20. The molecule has 0 fully saturated rings. The lowest BCUT2D eigenvalue weighted by Gasteiger charge is -2.12. The maximum absolute atomic E-state index is 12.5. The number of fused-ring (bicyclic) bond motifs is 1. The van der Waals surface area contributed by atoms with Crippen LogP contribution in [0.4, 0.5) is 5.69 Å². The Balaban J connectivity index is 1.65. The number of ether oxygens (including phenoxy) is 3. The molecule has 1 amide bonds. The van der Waals surface area contributed by atoms with Gasteiger partial charge >= 0.3 is 0 Å². The van der Waals surface area contributed by atoms with Crippen molar-refractivity contribution in [1.29, 1.82) is 0 Å². The second kappa shape index (κ2) is 8.84. The van der Waals surface area contributed by atoms with Crippen LogP contribution in [0.15, 0.2) is 59.0 Å². The van der Waals surface area contributed by atoms with Gasteiger partial charge in [0.15, 0.2) is 17.1 Å². The standard InChI is InChI=1S/C23H19IN2O5/c1-28-19-10-14(11-20(29-2)21(19)30-3)23-26-17-12-16(8-9-18(17)31-23)25-22(27)13-4-6-15(24)7-5-13/h4-12H,1-3H3,(H,25,27). The summed E-state index contributed by atoms with van der Waals surface area (Å²) in [5.74, 6) is 1.71. The van der Waals surface area contributed by atoms with Gasteiger partial charge in [-0.3, -0.25) is 4.79 Å². The Labute approximate surface area is 192 Å². The Bertz CT molecular complexity index is 1230. The van der Waals surface area contributed by atoms with Gasteiger partial charge in [-0.25, -0.2) is 4.98 Å². The van der Waals surface area contributed by atoms with Crippen molar-refractivity contribution in [3.63, 3.8) is 0 Å². The fourth-order valence-corrected chi connectivity index (χ4v) is 3.50.